The van der Waals surface area contributed by atoms with Gasteiger partial charge in [-0.15, -0.1) is 6.58 Å². The molecule has 1 aliphatic heterocycles. The van der Waals surface area contributed by atoms with Crippen LogP contribution in [0.25, 0.3) is 0 Å². The van der Waals surface area contributed by atoms with E-state index < -0.39 is 0 Å². The van der Waals surface area contributed by atoms with Crippen LogP contribution in [0.1, 0.15) is 55.6 Å². The monoisotopic (exact) mass is 343 g/mol. The van der Waals surface area contributed by atoms with E-state index in [-0.39, 0.29) is 0 Å². The first-order chi connectivity index (χ1) is 12.4. The molecule has 3 nitrogen and oxygen atoms in total. The van der Waals surface area contributed by atoms with Crippen LogP contribution >= 0.6 is 0 Å². The molecule has 3 heteroatoms. The third-order valence-electron chi connectivity index (χ3n) is 5.51. The maximum atomic E-state index is 6.12. The number of ether oxygens (including phenoxy) is 2. The van der Waals surface area contributed by atoms with E-state index in [2.05, 4.69) is 29.7 Å². The molecule has 0 atom stereocenters. The molecule has 2 aliphatic rings. The summed E-state index contributed by atoms with van der Waals surface area (Å²) >= 11 is 0. The Kier molecular flexibility index (Phi) is 7.37. The zero-order valence-electron chi connectivity index (χ0n) is 15.5. The standard InChI is InChI=1S/C22H33NO2/c1-2-7-21-18-20(19-8-4-3-5-9-19)10-11-22(21)25-15-6-12-23-13-16-24-17-14-23/h2,10-11,18-19H,1,3-9,12-17H2. The van der Waals surface area contributed by atoms with E-state index in [1.165, 1.54) is 43.2 Å². The second-order valence-electron chi connectivity index (χ2n) is 7.35. The van der Waals surface area contributed by atoms with Crippen molar-refractivity contribution in [2.75, 3.05) is 39.5 Å². The largest absolute Gasteiger partial charge is 0.493 e. The Hall–Kier alpha value is -1.32. The van der Waals surface area contributed by atoms with Gasteiger partial charge < -0.3 is 9.47 Å². The Morgan fingerprint density at radius 2 is 1.96 bits per heavy atom. The highest BCUT2D eigenvalue weighted by Gasteiger charge is 2.17. The van der Waals surface area contributed by atoms with Crippen LogP contribution in [0.3, 0.4) is 0 Å². The lowest BCUT2D eigenvalue weighted by atomic mass is 9.83. The predicted molar refractivity (Wildman–Crippen MR) is 104 cm³/mol. The van der Waals surface area contributed by atoms with Crippen LogP contribution in [0.2, 0.25) is 0 Å². The molecule has 138 valence electrons. The van der Waals surface area contributed by atoms with Crippen molar-refractivity contribution in [2.24, 2.45) is 0 Å². The number of benzene rings is 1. The molecule has 0 aromatic heterocycles. The summed E-state index contributed by atoms with van der Waals surface area (Å²) in [7, 11) is 0. The SMILES string of the molecule is C=CCc1cc(C2CCCCC2)ccc1OCCCN1CCOCC1. The first kappa shape index (κ1) is 18.5. The van der Waals surface area contributed by atoms with Crippen molar-refractivity contribution in [1.29, 1.82) is 0 Å². The van der Waals surface area contributed by atoms with Crippen LogP contribution in [-0.4, -0.2) is 44.4 Å². The van der Waals surface area contributed by atoms with Gasteiger partial charge in [-0.2, -0.15) is 0 Å². The molecule has 1 aromatic carbocycles. The van der Waals surface area contributed by atoms with Gasteiger partial charge in [0.1, 0.15) is 5.75 Å². The number of morpholine rings is 1. The highest BCUT2D eigenvalue weighted by Crippen LogP contribution is 2.34. The molecule has 1 aliphatic carbocycles. The van der Waals surface area contributed by atoms with Crippen molar-refractivity contribution in [2.45, 2.75) is 50.9 Å². The summed E-state index contributed by atoms with van der Waals surface area (Å²) in [5.41, 5.74) is 2.79. The summed E-state index contributed by atoms with van der Waals surface area (Å²) < 4.78 is 11.5. The van der Waals surface area contributed by atoms with Gasteiger partial charge in [0.05, 0.1) is 19.8 Å². The van der Waals surface area contributed by atoms with Crippen molar-refractivity contribution in [3.8, 4) is 5.75 Å². The minimum atomic E-state index is 0.743. The number of hydrogen-bond acceptors (Lipinski definition) is 3. The number of hydrogen-bond donors (Lipinski definition) is 0. The summed E-state index contributed by atoms with van der Waals surface area (Å²) in [5, 5.41) is 0. The van der Waals surface area contributed by atoms with Gasteiger partial charge >= 0.3 is 0 Å². The molecule has 25 heavy (non-hydrogen) atoms. The van der Waals surface area contributed by atoms with Gasteiger partial charge in [-0.1, -0.05) is 37.5 Å². The molecule has 0 N–H and O–H groups in total. The number of nitrogens with zero attached hydrogens (tertiary/aromatic N) is 1. The lowest BCUT2D eigenvalue weighted by Gasteiger charge is -2.26. The topological polar surface area (TPSA) is 21.7 Å². The average molecular weight is 344 g/mol. The van der Waals surface area contributed by atoms with Crippen molar-refractivity contribution in [1.82, 2.24) is 4.90 Å². The summed E-state index contributed by atoms with van der Waals surface area (Å²) in [6, 6.07) is 6.85. The van der Waals surface area contributed by atoms with Crippen molar-refractivity contribution < 1.29 is 9.47 Å². The molecule has 2 fully saturated rings. The van der Waals surface area contributed by atoms with Crippen molar-refractivity contribution >= 4 is 0 Å². The lowest BCUT2D eigenvalue weighted by molar-refractivity contribution is 0.0358. The summed E-state index contributed by atoms with van der Waals surface area (Å²) in [5.74, 6) is 1.79. The minimum Gasteiger partial charge on any atom is -0.493 e. The van der Waals surface area contributed by atoms with Gasteiger partial charge in [-0.05, 0) is 48.8 Å². The molecule has 0 bridgehead atoms. The summed E-state index contributed by atoms with van der Waals surface area (Å²) in [4.78, 5) is 2.46. The normalized spacial score (nSPS) is 19.7. The second kappa shape index (κ2) is 9.98. The van der Waals surface area contributed by atoms with Gasteiger partial charge in [0.25, 0.3) is 0 Å². The maximum Gasteiger partial charge on any atom is 0.122 e. The molecule has 1 saturated heterocycles. The molecular weight excluding hydrogens is 310 g/mol. The van der Waals surface area contributed by atoms with Crippen LogP contribution in [0.4, 0.5) is 0 Å². The van der Waals surface area contributed by atoms with Gasteiger partial charge in [0.2, 0.25) is 0 Å². The zero-order valence-corrected chi connectivity index (χ0v) is 15.5. The molecule has 1 aromatic rings. The molecule has 0 amide bonds. The van der Waals surface area contributed by atoms with Crippen molar-refractivity contribution in [3.63, 3.8) is 0 Å². The molecule has 3 rings (SSSR count). The summed E-state index contributed by atoms with van der Waals surface area (Å²) in [6.07, 6.45) is 10.8. The van der Waals surface area contributed by atoms with E-state index >= 15 is 0 Å². The van der Waals surface area contributed by atoms with E-state index in [9.17, 15) is 0 Å². The average Bonchev–Trinajstić information content (AvgIpc) is 2.68. The molecule has 0 unspecified atom stereocenters. The van der Waals surface area contributed by atoms with E-state index in [0.29, 0.717) is 0 Å². The van der Waals surface area contributed by atoms with Crippen LogP contribution in [0.5, 0.6) is 5.75 Å². The number of allylic oxidation sites excluding steroid dienone is 1. The molecule has 0 radical (unpaired) electrons. The Balaban J connectivity index is 1.53. The Morgan fingerprint density at radius 1 is 1.16 bits per heavy atom. The van der Waals surface area contributed by atoms with Crippen LogP contribution < -0.4 is 4.74 Å². The first-order valence-electron chi connectivity index (χ1n) is 10.0. The Labute approximate surface area is 153 Å². The molecule has 1 saturated carbocycles. The van der Waals surface area contributed by atoms with E-state index in [1.54, 1.807) is 0 Å². The summed E-state index contributed by atoms with van der Waals surface area (Å²) in [6.45, 7) is 9.65. The fourth-order valence-electron chi connectivity index (χ4n) is 4.04. The maximum absolute atomic E-state index is 6.12. The third kappa shape index (κ3) is 5.58. The third-order valence-corrected chi connectivity index (χ3v) is 5.51. The van der Waals surface area contributed by atoms with Gasteiger partial charge in [0.15, 0.2) is 0 Å². The minimum absolute atomic E-state index is 0.743. The van der Waals surface area contributed by atoms with Crippen LogP contribution in [0.15, 0.2) is 30.9 Å². The van der Waals surface area contributed by atoms with Gasteiger partial charge in [0, 0.05) is 19.6 Å². The Morgan fingerprint density at radius 3 is 2.72 bits per heavy atom. The highest BCUT2D eigenvalue weighted by atomic mass is 16.5. The van der Waals surface area contributed by atoms with E-state index in [4.69, 9.17) is 9.47 Å². The fraction of sp³-hybridized carbons (Fsp3) is 0.636. The van der Waals surface area contributed by atoms with Crippen molar-refractivity contribution in [3.05, 3.63) is 42.0 Å². The van der Waals surface area contributed by atoms with Crippen LogP contribution in [-0.2, 0) is 11.2 Å². The Bertz CT molecular complexity index is 531. The van der Waals surface area contributed by atoms with Gasteiger partial charge in [-0.25, -0.2) is 0 Å². The van der Waals surface area contributed by atoms with Gasteiger partial charge in [-0.3, -0.25) is 4.90 Å². The van der Waals surface area contributed by atoms with E-state index in [1.807, 2.05) is 6.08 Å². The molecule has 0 spiro atoms. The van der Waals surface area contributed by atoms with Crippen LogP contribution in [0, 0.1) is 0 Å². The predicted octanol–water partition coefficient (Wildman–Crippen LogP) is 4.56. The van der Waals surface area contributed by atoms with E-state index in [0.717, 1.165) is 64.0 Å². The lowest BCUT2D eigenvalue weighted by Crippen LogP contribution is -2.37. The molecular formula is C22H33NO2. The quantitative estimate of drug-likeness (QED) is 0.510. The smallest absolute Gasteiger partial charge is 0.122 e. The molecule has 1 heterocycles. The zero-order chi connectivity index (χ0) is 17.3. The first-order valence-corrected chi connectivity index (χ1v) is 10.0. The highest BCUT2D eigenvalue weighted by molar-refractivity contribution is 5.40. The second-order valence-corrected chi connectivity index (χ2v) is 7.35. The fourth-order valence-corrected chi connectivity index (χ4v) is 4.04. The number of rotatable bonds is 8.